The maximum atomic E-state index is 12.8. The van der Waals surface area contributed by atoms with E-state index in [1.54, 1.807) is 0 Å². The molecule has 4 saturated carbocycles. The fraction of sp³-hybridized carbons (Fsp3) is 0.900. The molecule has 34 heavy (non-hydrogen) atoms. The third-order valence-electron chi connectivity index (χ3n) is 13.6. The van der Waals surface area contributed by atoms with Gasteiger partial charge in [-0.1, -0.05) is 60.6 Å². The van der Waals surface area contributed by atoms with Gasteiger partial charge in [0.2, 0.25) is 0 Å². The zero-order chi connectivity index (χ0) is 25.1. The quantitative estimate of drug-likeness (QED) is 0.405. The first-order valence-electron chi connectivity index (χ1n) is 13.9. The molecule has 3 N–H and O–H groups in total. The number of hydrogen-bond donors (Lipinski definition) is 3. The summed E-state index contributed by atoms with van der Waals surface area (Å²) in [5, 5.41) is 34.2. The second-order valence-electron chi connectivity index (χ2n) is 14.7. The van der Waals surface area contributed by atoms with Crippen molar-refractivity contribution in [2.24, 2.45) is 56.7 Å². The summed E-state index contributed by atoms with van der Waals surface area (Å²) in [6.45, 7) is 16.1. The molecular formula is C30H48O4. The lowest BCUT2D eigenvalue weighted by Crippen LogP contribution is -2.74. The number of carboxylic acid groups (broad SMARTS) is 1. The summed E-state index contributed by atoms with van der Waals surface area (Å²) in [4.78, 5) is 12.8. The minimum Gasteiger partial charge on any atom is -0.481 e. The van der Waals surface area contributed by atoms with Gasteiger partial charge in [-0.05, 0) is 91.3 Å². The van der Waals surface area contributed by atoms with Crippen molar-refractivity contribution in [1.29, 1.82) is 0 Å². The predicted molar refractivity (Wildman–Crippen MR) is 134 cm³/mol. The molecule has 0 heterocycles. The van der Waals surface area contributed by atoms with Crippen LogP contribution in [0, 0.1) is 56.7 Å². The molecule has 4 nitrogen and oxygen atoms in total. The molecular weight excluding hydrogens is 424 g/mol. The number of rotatable bonds is 1. The number of allylic oxidation sites excluding steroid dienone is 1. The number of carboxylic acids is 1. The van der Waals surface area contributed by atoms with Gasteiger partial charge in [0.05, 0.1) is 17.1 Å². The molecule has 0 aliphatic heterocycles. The number of aliphatic hydroxyl groups excluding tert-OH is 1. The van der Waals surface area contributed by atoms with E-state index < -0.39 is 17.0 Å². The lowest BCUT2D eigenvalue weighted by molar-refractivity contribution is -0.277. The summed E-state index contributed by atoms with van der Waals surface area (Å²) in [5.74, 6) is 0.378. The molecule has 0 aromatic heterocycles. The van der Waals surface area contributed by atoms with E-state index in [1.807, 2.05) is 0 Å². The minimum absolute atomic E-state index is 0.0728. The van der Waals surface area contributed by atoms with Crippen LogP contribution in [-0.2, 0) is 4.79 Å². The van der Waals surface area contributed by atoms with Gasteiger partial charge in [-0.25, -0.2) is 0 Å². The Bertz CT molecular complexity index is 909. The van der Waals surface area contributed by atoms with E-state index in [0.29, 0.717) is 30.6 Å². The van der Waals surface area contributed by atoms with Crippen molar-refractivity contribution in [3.8, 4) is 0 Å². The summed E-state index contributed by atoms with van der Waals surface area (Å²) in [5.41, 5.74) is -2.46. The molecule has 0 spiro atoms. The van der Waals surface area contributed by atoms with Gasteiger partial charge in [0, 0.05) is 11.3 Å². The number of hydrogen-bond acceptors (Lipinski definition) is 3. The Hall–Kier alpha value is -0.870. The second-order valence-corrected chi connectivity index (χ2v) is 14.7. The van der Waals surface area contributed by atoms with Gasteiger partial charge in [-0.3, -0.25) is 4.79 Å². The van der Waals surface area contributed by atoms with E-state index in [1.165, 1.54) is 0 Å². The molecule has 0 radical (unpaired) electrons. The Labute approximate surface area is 206 Å². The van der Waals surface area contributed by atoms with E-state index in [9.17, 15) is 20.1 Å². The summed E-state index contributed by atoms with van der Waals surface area (Å²) < 4.78 is 0. The number of carbonyl (C=O) groups is 1. The van der Waals surface area contributed by atoms with Crippen molar-refractivity contribution in [3.63, 3.8) is 0 Å². The average molecular weight is 473 g/mol. The highest BCUT2D eigenvalue weighted by atomic mass is 16.4. The van der Waals surface area contributed by atoms with Crippen LogP contribution in [0.2, 0.25) is 0 Å². The molecule has 5 aliphatic rings. The molecule has 11 atom stereocenters. The number of aliphatic carboxylic acids is 1. The van der Waals surface area contributed by atoms with Crippen molar-refractivity contribution < 1.29 is 20.1 Å². The SMILES string of the molecule is CC1CCC2(C(=O)O)CCC3(C)C(O)(C=CC4C5(C)CCC(O)C(C)(C)C5CCC43C)C2C1C. The number of aliphatic hydroxyl groups is 2. The lowest BCUT2D eigenvalue weighted by atomic mass is 9.31. The van der Waals surface area contributed by atoms with E-state index in [-0.39, 0.29) is 39.6 Å². The Morgan fingerprint density at radius 2 is 1.59 bits per heavy atom. The van der Waals surface area contributed by atoms with Gasteiger partial charge >= 0.3 is 5.97 Å². The molecule has 5 aliphatic carbocycles. The van der Waals surface area contributed by atoms with Crippen molar-refractivity contribution >= 4 is 5.97 Å². The van der Waals surface area contributed by atoms with Crippen LogP contribution in [0.5, 0.6) is 0 Å². The Balaban J connectivity index is 1.66. The van der Waals surface area contributed by atoms with Crippen LogP contribution in [0.4, 0.5) is 0 Å². The Morgan fingerprint density at radius 1 is 0.912 bits per heavy atom. The molecule has 11 unspecified atom stereocenters. The predicted octanol–water partition coefficient (Wildman–Crippen LogP) is 6.06. The van der Waals surface area contributed by atoms with Crippen LogP contribution in [0.3, 0.4) is 0 Å². The molecule has 192 valence electrons. The van der Waals surface area contributed by atoms with Crippen LogP contribution < -0.4 is 0 Å². The topological polar surface area (TPSA) is 77.8 Å². The van der Waals surface area contributed by atoms with Gasteiger partial charge < -0.3 is 15.3 Å². The van der Waals surface area contributed by atoms with Crippen LogP contribution in [-0.4, -0.2) is 33.0 Å². The largest absolute Gasteiger partial charge is 0.481 e. The first-order chi connectivity index (χ1) is 15.6. The summed E-state index contributed by atoms with van der Waals surface area (Å²) in [6, 6.07) is 0. The average Bonchev–Trinajstić information content (AvgIpc) is 2.75. The standard InChI is InChI=1S/C30H48O4/c1-18-8-14-29(24(32)33)17-16-28(7)27(6)13-9-20-25(3,4)22(31)11-12-26(20,5)21(27)10-15-30(28,34)23(29)19(18)2/h10,15,18-23,31,34H,8-9,11-14,16-17H2,1-7H3,(H,32,33). The van der Waals surface area contributed by atoms with Crippen molar-refractivity contribution in [2.45, 2.75) is 112 Å². The number of fused-ring (bicyclic) bond motifs is 7. The van der Waals surface area contributed by atoms with E-state index in [0.717, 1.165) is 38.5 Å². The first-order valence-corrected chi connectivity index (χ1v) is 13.9. The van der Waals surface area contributed by atoms with E-state index in [2.05, 4.69) is 60.6 Å². The van der Waals surface area contributed by atoms with Crippen molar-refractivity contribution in [3.05, 3.63) is 12.2 Å². The molecule has 0 amide bonds. The highest BCUT2D eigenvalue weighted by Gasteiger charge is 2.75. The molecule has 0 aromatic rings. The zero-order valence-corrected chi connectivity index (χ0v) is 22.5. The smallest absolute Gasteiger partial charge is 0.310 e. The van der Waals surface area contributed by atoms with Crippen LogP contribution in [0.15, 0.2) is 12.2 Å². The van der Waals surface area contributed by atoms with Crippen molar-refractivity contribution in [2.75, 3.05) is 0 Å². The molecule has 0 bridgehead atoms. The Morgan fingerprint density at radius 3 is 2.24 bits per heavy atom. The Kier molecular flexibility index (Phi) is 5.20. The van der Waals surface area contributed by atoms with Gasteiger partial charge in [0.1, 0.15) is 0 Å². The van der Waals surface area contributed by atoms with Crippen LogP contribution in [0.25, 0.3) is 0 Å². The highest BCUT2D eigenvalue weighted by molar-refractivity contribution is 5.76. The fourth-order valence-corrected chi connectivity index (χ4v) is 11.0. The maximum Gasteiger partial charge on any atom is 0.310 e. The molecule has 0 saturated heterocycles. The van der Waals surface area contributed by atoms with Crippen molar-refractivity contribution in [1.82, 2.24) is 0 Å². The summed E-state index contributed by atoms with van der Waals surface area (Å²) in [7, 11) is 0. The third kappa shape index (κ3) is 2.61. The normalized spacial score (nSPS) is 58.1. The van der Waals surface area contributed by atoms with E-state index in [4.69, 9.17) is 0 Å². The fourth-order valence-electron chi connectivity index (χ4n) is 11.0. The molecule has 4 fully saturated rings. The first kappa shape index (κ1) is 24.8. The van der Waals surface area contributed by atoms with Gasteiger partial charge in [-0.2, -0.15) is 0 Å². The monoisotopic (exact) mass is 472 g/mol. The van der Waals surface area contributed by atoms with E-state index >= 15 is 0 Å². The minimum atomic E-state index is -1.12. The van der Waals surface area contributed by atoms with Crippen LogP contribution in [0.1, 0.15) is 99.8 Å². The summed E-state index contributed by atoms with van der Waals surface area (Å²) >= 11 is 0. The molecule has 0 aromatic carbocycles. The summed E-state index contributed by atoms with van der Waals surface area (Å²) in [6.07, 6.45) is 11.1. The third-order valence-corrected chi connectivity index (χ3v) is 13.6. The lowest BCUT2D eigenvalue weighted by Gasteiger charge is -2.74. The molecule has 5 rings (SSSR count). The van der Waals surface area contributed by atoms with Gasteiger partial charge in [0.25, 0.3) is 0 Å². The zero-order valence-electron chi connectivity index (χ0n) is 22.5. The van der Waals surface area contributed by atoms with Gasteiger partial charge in [-0.15, -0.1) is 0 Å². The highest BCUT2D eigenvalue weighted by Crippen LogP contribution is 2.76. The van der Waals surface area contributed by atoms with Crippen LogP contribution >= 0.6 is 0 Å². The second kappa shape index (κ2) is 7.12. The molecule has 4 heteroatoms. The van der Waals surface area contributed by atoms with Gasteiger partial charge in [0.15, 0.2) is 0 Å². The maximum absolute atomic E-state index is 12.8.